The van der Waals surface area contributed by atoms with Crippen LogP contribution in [0.1, 0.15) is 37.6 Å². The van der Waals surface area contributed by atoms with Crippen LogP contribution in [0.2, 0.25) is 5.02 Å². The van der Waals surface area contributed by atoms with Crippen molar-refractivity contribution in [1.82, 2.24) is 14.7 Å². The van der Waals surface area contributed by atoms with E-state index in [0.29, 0.717) is 16.5 Å². The van der Waals surface area contributed by atoms with E-state index in [1.807, 2.05) is 67.6 Å². The Morgan fingerprint density at radius 3 is 2.34 bits per heavy atom. The van der Waals surface area contributed by atoms with Gasteiger partial charge in [0, 0.05) is 28.7 Å². The van der Waals surface area contributed by atoms with Crippen molar-refractivity contribution in [3.8, 4) is 5.69 Å². The lowest BCUT2D eigenvalue weighted by atomic mass is 9.92. The van der Waals surface area contributed by atoms with Crippen molar-refractivity contribution in [2.75, 3.05) is 17.2 Å². The zero-order chi connectivity index (χ0) is 27.3. The Morgan fingerprint density at radius 1 is 0.921 bits per heavy atom. The molecule has 0 atom stereocenters. The van der Waals surface area contributed by atoms with Crippen LogP contribution >= 0.6 is 11.6 Å². The molecule has 2 N–H and O–H groups in total. The van der Waals surface area contributed by atoms with Gasteiger partial charge in [-0.3, -0.25) is 4.79 Å². The maximum Gasteiger partial charge on any atom is 0.322 e. The Labute approximate surface area is 228 Å². The highest BCUT2D eigenvalue weighted by Crippen LogP contribution is 2.27. The molecule has 0 spiro atoms. The van der Waals surface area contributed by atoms with E-state index in [4.69, 9.17) is 16.7 Å². The highest BCUT2D eigenvalue weighted by Gasteiger charge is 2.23. The topological polar surface area (TPSA) is 79.3 Å². The lowest BCUT2D eigenvalue weighted by molar-refractivity contribution is -0.116. The minimum Gasteiger partial charge on any atom is -0.311 e. The number of rotatable bonds is 7. The van der Waals surface area contributed by atoms with Crippen LogP contribution in [0, 0.1) is 6.92 Å². The fourth-order valence-electron chi connectivity index (χ4n) is 3.92. The van der Waals surface area contributed by atoms with Gasteiger partial charge >= 0.3 is 6.03 Å². The summed E-state index contributed by atoms with van der Waals surface area (Å²) < 4.78 is 1.74. The normalized spacial score (nSPS) is 11.2. The predicted molar refractivity (Wildman–Crippen MR) is 153 cm³/mol. The molecule has 7 nitrogen and oxygen atoms in total. The SMILES string of the molecule is Cc1cccc(-n2nc(C(C)(C)C)cc2NC(=O)CN(Cc2ccccc2)C(=O)Nc2cccc(Cl)c2)c1. The first-order valence-corrected chi connectivity index (χ1v) is 12.8. The Bertz CT molecular complexity index is 1430. The second-order valence-electron chi connectivity index (χ2n) is 10.2. The summed E-state index contributed by atoms with van der Waals surface area (Å²) in [5.74, 6) is 0.205. The molecule has 38 heavy (non-hydrogen) atoms. The molecule has 196 valence electrons. The summed E-state index contributed by atoms with van der Waals surface area (Å²) in [5.41, 5.74) is 4.00. The molecule has 1 aromatic heterocycles. The lowest BCUT2D eigenvalue weighted by Crippen LogP contribution is -2.40. The maximum absolute atomic E-state index is 13.3. The lowest BCUT2D eigenvalue weighted by Gasteiger charge is -2.23. The van der Waals surface area contributed by atoms with E-state index in [0.717, 1.165) is 22.5 Å². The van der Waals surface area contributed by atoms with Gasteiger partial charge in [0.05, 0.1) is 11.4 Å². The molecular weight excluding hydrogens is 498 g/mol. The summed E-state index contributed by atoms with van der Waals surface area (Å²) in [5, 5.41) is 11.1. The molecule has 3 amide bonds. The van der Waals surface area contributed by atoms with Gasteiger partial charge in [-0.2, -0.15) is 5.10 Å². The first-order chi connectivity index (χ1) is 18.1. The molecule has 1 heterocycles. The van der Waals surface area contributed by atoms with Gasteiger partial charge in [-0.05, 0) is 48.4 Å². The van der Waals surface area contributed by atoms with Gasteiger partial charge in [-0.15, -0.1) is 0 Å². The molecule has 0 aliphatic carbocycles. The standard InChI is InChI=1S/C30H32ClN5O2/c1-21-10-8-15-25(16-21)36-27(18-26(34-36)30(2,3)4)33-28(37)20-35(19-22-11-6-5-7-12-22)29(38)32-24-14-9-13-23(31)17-24/h5-18H,19-20H2,1-4H3,(H,32,38)(H,33,37). The van der Waals surface area contributed by atoms with Crippen LogP contribution in [0.4, 0.5) is 16.3 Å². The molecule has 0 aliphatic rings. The molecule has 4 rings (SSSR count). The van der Waals surface area contributed by atoms with Crippen LogP contribution in [0.5, 0.6) is 0 Å². The number of urea groups is 1. The summed E-state index contributed by atoms with van der Waals surface area (Å²) >= 11 is 6.08. The molecule has 0 fully saturated rings. The zero-order valence-corrected chi connectivity index (χ0v) is 22.8. The monoisotopic (exact) mass is 529 g/mol. The van der Waals surface area contributed by atoms with Gasteiger partial charge in [0.1, 0.15) is 12.4 Å². The number of nitrogens with one attached hydrogen (secondary N) is 2. The second-order valence-corrected chi connectivity index (χ2v) is 10.7. The molecule has 0 bridgehead atoms. The second kappa shape index (κ2) is 11.5. The van der Waals surface area contributed by atoms with Crippen LogP contribution in [0.15, 0.2) is 84.9 Å². The summed E-state index contributed by atoms with van der Waals surface area (Å²) in [6.07, 6.45) is 0. The highest BCUT2D eigenvalue weighted by molar-refractivity contribution is 6.30. The fourth-order valence-corrected chi connectivity index (χ4v) is 4.11. The number of nitrogens with zero attached hydrogens (tertiary/aromatic N) is 3. The van der Waals surface area contributed by atoms with Crippen LogP contribution in [-0.4, -0.2) is 33.2 Å². The summed E-state index contributed by atoms with van der Waals surface area (Å²) in [6, 6.07) is 25.8. The first kappa shape index (κ1) is 26.9. The number of aromatic nitrogens is 2. The van der Waals surface area contributed by atoms with Gasteiger partial charge in [0.25, 0.3) is 0 Å². The Hall–Kier alpha value is -4.10. The van der Waals surface area contributed by atoms with Crippen molar-refractivity contribution >= 4 is 35.0 Å². The van der Waals surface area contributed by atoms with Crippen LogP contribution in [0.3, 0.4) is 0 Å². The van der Waals surface area contributed by atoms with Crippen molar-refractivity contribution in [3.63, 3.8) is 0 Å². The van der Waals surface area contributed by atoms with E-state index < -0.39 is 6.03 Å². The Balaban J connectivity index is 1.58. The maximum atomic E-state index is 13.3. The summed E-state index contributed by atoms with van der Waals surface area (Å²) in [4.78, 5) is 28.1. The first-order valence-electron chi connectivity index (χ1n) is 12.4. The van der Waals surface area contributed by atoms with Gasteiger partial charge < -0.3 is 15.5 Å². The third-order valence-electron chi connectivity index (χ3n) is 5.91. The molecule has 0 unspecified atom stereocenters. The van der Waals surface area contributed by atoms with Gasteiger partial charge in [-0.25, -0.2) is 9.48 Å². The highest BCUT2D eigenvalue weighted by atomic mass is 35.5. The van der Waals surface area contributed by atoms with E-state index in [-0.39, 0.29) is 24.4 Å². The number of halogens is 1. The van der Waals surface area contributed by atoms with Gasteiger partial charge in [0.2, 0.25) is 5.91 Å². The Kier molecular flexibility index (Phi) is 8.17. The number of hydrogen-bond donors (Lipinski definition) is 2. The number of carbonyl (C=O) groups is 2. The molecular formula is C30H32ClN5O2. The van der Waals surface area contributed by atoms with Gasteiger partial charge in [0.15, 0.2) is 0 Å². The third kappa shape index (κ3) is 7.01. The quantitative estimate of drug-likeness (QED) is 0.276. The van der Waals surface area contributed by atoms with Crippen molar-refractivity contribution in [3.05, 3.63) is 107 Å². The smallest absolute Gasteiger partial charge is 0.311 e. The van der Waals surface area contributed by atoms with E-state index in [1.165, 1.54) is 4.90 Å². The van der Waals surface area contributed by atoms with Crippen molar-refractivity contribution < 1.29 is 9.59 Å². The zero-order valence-electron chi connectivity index (χ0n) is 22.0. The minimum atomic E-state index is -0.408. The number of carbonyl (C=O) groups excluding carboxylic acids is 2. The summed E-state index contributed by atoms with van der Waals surface area (Å²) in [7, 11) is 0. The molecule has 0 saturated heterocycles. The van der Waals surface area contributed by atoms with E-state index in [9.17, 15) is 9.59 Å². The number of aryl methyl sites for hydroxylation is 1. The molecule has 0 saturated carbocycles. The molecule has 3 aromatic carbocycles. The van der Waals surface area contributed by atoms with E-state index in [2.05, 4.69) is 31.4 Å². The number of anilines is 2. The molecule has 0 aliphatic heterocycles. The molecule has 4 aromatic rings. The number of amides is 3. The third-order valence-corrected chi connectivity index (χ3v) is 6.14. The average molecular weight is 530 g/mol. The van der Waals surface area contributed by atoms with Crippen LogP contribution in [0.25, 0.3) is 5.69 Å². The van der Waals surface area contributed by atoms with Crippen molar-refractivity contribution in [2.45, 2.75) is 39.7 Å². The Morgan fingerprint density at radius 2 is 1.66 bits per heavy atom. The summed E-state index contributed by atoms with van der Waals surface area (Å²) in [6.45, 7) is 8.32. The van der Waals surface area contributed by atoms with Crippen LogP contribution < -0.4 is 10.6 Å². The van der Waals surface area contributed by atoms with Gasteiger partial charge in [-0.1, -0.05) is 80.9 Å². The molecule has 8 heteroatoms. The fraction of sp³-hybridized carbons (Fsp3) is 0.233. The van der Waals surface area contributed by atoms with E-state index in [1.54, 1.807) is 28.9 Å². The van der Waals surface area contributed by atoms with Crippen molar-refractivity contribution in [1.29, 1.82) is 0 Å². The number of benzene rings is 3. The molecule has 0 radical (unpaired) electrons. The number of hydrogen-bond acceptors (Lipinski definition) is 3. The van der Waals surface area contributed by atoms with E-state index >= 15 is 0 Å². The predicted octanol–water partition coefficient (Wildman–Crippen LogP) is 6.80. The van der Waals surface area contributed by atoms with Crippen LogP contribution in [-0.2, 0) is 16.8 Å². The largest absolute Gasteiger partial charge is 0.322 e. The van der Waals surface area contributed by atoms with Crippen molar-refractivity contribution in [2.24, 2.45) is 0 Å². The average Bonchev–Trinajstić information content (AvgIpc) is 3.28. The minimum absolute atomic E-state index is 0.162.